The Morgan fingerprint density at radius 1 is 1.00 bits per heavy atom. The minimum atomic E-state index is -0.279. The summed E-state index contributed by atoms with van der Waals surface area (Å²) in [6, 6.07) is 6.97. The zero-order valence-electron chi connectivity index (χ0n) is 13.2. The summed E-state index contributed by atoms with van der Waals surface area (Å²) in [5.74, 6) is 0.273. The van der Waals surface area contributed by atoms with Crippen LogP contribution in [-0.4, -0.2) is 49.4 Å². The van der Waals surface area contributed by atoms with E-state index in [-0.39, 0.29) is 35.8 Å². The van der Waals surface area contributed by atoms with Gasteiger partial charge < -0.3 is 20.7 Å². The van der Waals surface area contributed by atoms with Crippen molar-refractivity contribution in [1.29, 1.82) is 0 Å². The molecular formula is C15H21N3O4S. The molecule has 0 radical (unpaired) electrons. The molecule has 8 heteroatoms. The van der Waals surface area contributed by atoms with Crippen LogP contribution in [0.3, 0.4) is 0 Å². The quantitative estimate of drug-likeness (QED) is 0.613. The number of nitrogens with one attached hydrogen (secondary N) is 3. The lowest BCUT2D eigenvalue weighted by Crippen LogP contribution is -2.37. The Labute approximate surface area is 139 Å². The zero-order valence-corrected chi connectivity index (χ0v) is 14.0. The van der Waals surface area contributed by atoms with Gasteiger partial charge in [-0.05, 0) is 31.2 Å². The summed E-state index contributed by atoms with van der Waals surface area (Å²) >= 11 is 1.18. The Bertz CT molecular complexity index is 534. The zero-order chi connectivity index (χ0) is 17.1. The molecule has 3 N–H and O–H groups in total. The average molecular weight is 339 g/mol. The minimum absolute atomic E-state index is 0.0503. The Balaban J connectivity index is 2.20. The van der Waals surface area contributed by atoms with Crippen molar-refractivity contribution in [3.63, 3.8) is 0 Å². The van der Waals surface area contributed by atoms with Crippen LogP contribution in [0.4, 0.5) is 5.69 Å². The van der Waals surface area contributed by atoms with Crippen LogP contribution in [0.1, 0.15) is 6.92 Å². The van der Waals surface area contributed by atoms with Gasteiger partial charge in [0.1, 0.15) is 5.75 Å². The molecule has 0 fully saturated rings. The second-order valence-corrected chi connectivity index (χ2v) is 5.49. The fourth-order valence-electron chi connectivity index (χ4n) is 1.60. The SMILES string of the molecule is CCNC(=O)CNC(=O)CSCC(=O)Nc1ccc(OC)cc1. The third kappa shape index (κ3) is 8.10. The second kappa shape index (κ2) is 10.5. The van der Waals surface area contributed by atoms with Crippen molar-refractivity contribution in [3.05, 3.63) is 24.3 Å². The number of amides is 3. The first-order valence-electron chi connectivity index (χ1n) is 7.10. The molecule has 0 spiro atoms. The highest BCUT2D eigenvalue weighted by molar-refractivity contribution is 8.00. The lowest BCUT2D eigenvalue weighted by Gasteiger charge is -2.07. The minimum Gasteiger partial charge on any atom is -0.497 e. The maximum atomic E-state index is 11.7. The van der Waals surface area contributed by atoms with Gasteiger partial charge in [-0.3, -0.25) is 14.4 Å². The molecule has 0 saturated carbocycles. The number of rotatable bonds is 9. The maximum Gasteiger partial charge on any atom is 0.239 e. The lowest BCUT2D eigenvalue weighted by molar-refractivity contribution is -0.124. The van der Waals surface area contributed by atoms with Gasteiger partial charge in [0.25, 0.3) is 0 Å². The molecule has 0 aliphatic carbocycles. The van der Waals surface area contributed by atoms with Gasteiger partial charge in [0.15, 0.2) is 0 Å². The predicted molar refractivity (Wildman–Crippen MR) is 90.6 cm³/mol. The van der Waals surface area contributed by atoms with E-state index in [1.807, 2.05) is 0 Å². The summed E-state index contributed by atoms with van der Waals surface area (Å²) in [6.07, 6.45) is 0. The largest absolute Gasteiger partial charge is 0.497 e. The molecule has 0 unspecified atom stereocenters. The smallest absolute Gasteiger partial charge is 0.239 e. The molecule has 1 aromatic carbocycles. The van der Waals surface area contributed by atoms with Crippen molar-refractivity contribution in [2.75, 3.05) is 37.0 Å². The van der Waals surface area contributed by atoms with E-state index in [1.165, 1.54) is 11.8 Å². The average Bonchev–Trinajstić information content (AvgIpc) is 2.54. The highest BCUT2D eigenvalue weighted by Gasteiger charge is 2.07. The van der Waals surface area contributed by atoms with Crippen LogP contribution >= 0.6 is 11.8 Å². The monoisotopic (exact) mass is 339 g/mol. The molecule has 0 aromatic heterocycles. The maximum absolute atomic E-state index is 11.7. The first-order chi connectivity index (χ1) is 11.0. The van der Waals surface area contributed by atoms with Crippen molar-refractivity contribution in [2.45, 2.75) is 6.92 Å². The standard InChI is InChI=1S/C15H21N3O4S/c1-3-16-13(19)8-17-14(20)9-23-10-15(21)18-11-4-6-12(22-2)7-5-11/h4-7H,3,8-10H2,1-2H3,(H,16,19)(H,17,20)(H,18,21). The summed E-state index contributed by atoms with van der Waals surface area (Å²) < 4.78 is 5.03. The molecule has 0 heterocycles. The van der Waals surface area contributed by atoms with Crippen molar-refractivity contribution in [1.82, 2.24) is 10.6 Å². The van der Waals surface area contributed by atoms with E-state index < -0.39 is 0 Å². The van der Waals surface area contributed by atoms with E-state index in [0.717, 1.165) is 0 Å². The molecule has 0 atom stereocenters. The van der Waals surface area contributed by atoms with Gasteiger partial charge in [-0.2, -0.15) is 0 Å². The third-order valence-corrected chi connectivity index (χ3v) is 3.59. The van der Waals surface area contributed by atoms with Crippen LogP contribution in [0.5, 0.6) is 5.75 Å². The number of hydrogen-bond acceptors (Lipinski definition) is 5. The Morgan fingerprint density at radius 3 is 2.26 bits per heavy atom. The van der Waals surface area contributed by atoms with E-state index >= 15 is 0 Å². The fourth-order valence-corrected chi connectivity index (χ4v) is 2.24. The Morgan fingerprint density at radius 2 is 1.65 bits per heavy atom. The van der Waals surface area contributed by atoms with E-state index in [2.05, 4.69) is 16.0 Å². The van der Waals surface area contributed by atoms with Crippen molar-refractivity contribution < 1.29 is 19.1 Å². The summed E-state index contributed by atoms with van der Waals surface area (Å²) in [5, 5.41) is 7.79. The van der Waals surface area contributed by atoms with E-state index in [4.69, 9.17) is 4.74 Å². The van der Waals surface area contributed by atoms with Crippen LogP contribution in [0.25, 0.3) is 0 Å². The van der Waals surface area contributed by atoms with Crippen LogP contribution in [0.15, 0.2) is 24.3 Å². The summed E-state index contributed by atoms with van der Waals surface area (Å²) in [7, 11) is 1.57. The molecule has 126 valence electrons. The van der Waals surface area contributed by atoms with Gasteiger partial charge in [0, 0.05) is 12.2 Å². The number of carbonyl (C=O) groups excluding carboxylic acids is 3. The van der Waals surface area contributed by atoms with E-state index in [9.17, 15) is 14.4 Å². The highest BCUT2D eigenvalue weighted by Crippen LogP contribution is 2.15. The van der Waals surface area contributed by atoms with Gasteiger partial charge >= 0.3 is 0 Å². The topological polar surface area (TPSA) is 96.5 Å². The molecule has 0 saturated heterocycles. The number of anilines is 1. The van der Waals surface area contributed by atoms with E-state index in [0.29, 0.717) is 18.0 Å². The molecule has 3 amide bonds. The number of hydrogen-bond donors (Lipinski definition) is 3. The normalized spacial score (nSPS) is 9.83. The van der Waals surface area contributed by atoms with Gasteiger partial charge in [0.05, 0.1) is 25.2 Å². The van der Waals surface area contributed by atoms with Crippen LogP contribution < -0.4 is 20.7 Å². The molecule has 1 rings (SSSR count). The second-order valence-electron chi connectivity index (χ2n) is 4.50. The van der Waals surface area contributed by atoms with Crippen LogP contribution in [-0.2, 0) is 14.4 Å². The molecule has 1 aromatic rings. The van der Waals surface area contributed by atoms with Crippen LogP contribution in [0.2, 0.25) is 0 Å². The fraction of sp³-hybridized carbons (Fsp3) is 0.400. The third-order valence-electron chi connectivity index (χ3n) is 2.66. The molecule has 23 heavy (non-hydrogen) atoms. The number of methoxy groups -OCH3 is 1. The summed E-state index contributed by atoms with van der Waals surface area (Å²) in [5.41, 5.74) is 0.664. The van der Waals surface area contributed by atoms with Crippen molar-refractivity contribution in [2.24, 2.45) is 0 Å². The van der Waals surface area contributed by atoms with Gasteiger partial charge in [-0.15, -0.1) is 11.8 Å². The van der Waals surface area contributed by atoms with Crippen molar-refractivity contribution in [3.8, 4) is 5.75 Å². The van der Waals surface area contributed by atoms with Gasteiger partial charge in [-0.25, -0.2) is 0 Å². The van der Waals surface area contributed by atoms with Gasteiger partial charge in [0.2, 0.25) is 17.7 Å². The predicted octanol–water partition coefficient (Wildman–Crippen LogP) is 0.619. The number of carbonyl (C=O) groups is 3. The Kier molecular flexibility index (Phi) is 8.59. The Hall–Kier alpha value is -2.22. The number of thioether (sulfide) groups is 1. The molecule has 0 aliphatic rings. The molecule has 7 nitrogen and oxygen atoms in total. The highest BCUT2D eigenvalue weighted by atomic mass is 32.2. The first-order valence-corrected chi connectivity index (χ1v) is 8.25. The lowest BCUT2D eigenvalue weighted by atomic mass is 10.3. The van der Waals surface area contributed by atoms with Gasteiger partial charge in [-0.1, -0.05) is 0 Å². The molecule has 0 aliphatic heterocycles. The van der Waals surface area contributed by atoms with E-state index in [1.54, 1.807) is 38.3 Å². The van der Waals surface area contributed by atoms with Crippen molar-refractivity contribution >= 4 is 35.2 Å². The molecule has 0 bridgehead atoms. The molecular weight excluding hydrogens is 318 g/mol. The summed E-state index contributed by atoms with van der Waals surface area (Å²) in [4.78, 5) is 34.4. The number of benzene rings is 1. The first kappa shape index (κ1) is 18.8. The number of likely N-dealkylation sites (N-methyl/N-ethyl adjacent to an activating group) is 1. The summed E-state index contributed by atoms with van der Waals surface area (Å²) in [6.45, 7) is 2.28. The van der Waals surface area contributed by atoms with Crippen LogP contribution in [0, 0.1) is 0 Å². The number of ether oxygens (including phenoxy) is 1.